The lowest BCUT2D eigenvalue weighted by atomic mass is 9.96. The van der Waals surface area contributed by atoms with Gasteiger partial charge in [-0.05, 0) is 24.1 Å². The molecule has 22 heavy (non-hydrogen) atoms. The Morgan fingerprint density at radius 3 is 2.68 bits per heavy atom. The Kier molecular flexibility index (Phi) is 5.98. The van der Waals surface area contributed by atoms with Gasteiger partial charge in [-0.3, -0.25) is 4.90 Å². The molecule has 5 nitrogen and oxygen atoms in total. The van der Waals surface area contributed by atoms with Crippen LogP contribution in [0, 0.1) is 5.92 Å². The van der Waals surface area contributed by atoms with Crippen LogP contribution < -0.4 is 4.90 Å². The number of benzene rings is 1. The molecular formula is C17H23NO4. The van der Waals surface area contributed by atoms with Crippen molar-refractivity contribution in [3.63, 3.8) is 0 Å². The monoisotopic (exact) mass is 305 g/mol. The van der Waals surface area contributed by atoms with Crippen molar-refractivity contribution < 1.29 is 19.4 Å². The molecule has 0 aromatic heterocycles. The number of rotatable bonds is 7. The van der Waals surface area contributed by atoms with Crippen LogP contribution in [0.25, 0.3) is 0 Å². The smallest absolute Gasteiger partial charge is 0.414 e. The van der Waals surface area contributed by atoms with Crippen LogP contribution in [0.1, 0.15) is 25.0 Å². The summed E-state index contributed by atoms with van der Waals surface area (Å²) in [6.07, 6.45) is 4.31. The maximum Gasteiger partial charge on any atom is 0.414 e. The highest BCUT2D eigenvalue weighted by Crippen LogP contribution is 2.29. The second-order valence-electron chi connectivity index (χ2n) is 5.31. The van der Waals surface area contributed by atoms with Gasteiger partial charge in [0.25, 0.3) is 0 Å². The number of ether oxygens (including phenoxy) is 2. The summed E-state index contributed by atoms with van der Waals surface area (Å²) in [5, 5.41) is 8.82. The topological polar surface area (TPSA) is 59.0 Å². The molecule has 2 rings (SSSR count). The van der Waals surface area contributed by atoms with Crippen LogP contribution in [0.15, 0.2) is 36.4 Å². The lowest BCUT2D eigenvalue weighted by Gasteiger charge is -2.21. The first-order chi connectivity index (χ1) is 10.7. The quantitative estimate of drug-likeness (QED) is 0.787. The lowest BCUT2D eigenvalue weighted by molar-refractivity contribution is 0.0740. The number of hydrogen-bond acceptors (Lipinski definition) is 4. The number of carbonyl (C=O) groups is 1. The second kappa shape index (κ2) is 7.96. The Bertz CT molecular complexity index is 512. The molecule has 0 spiro atoms. The molecule has 2 atom stereocenters. The highest BCUT2D eigenvalue weighted by molar-refractivity contribution is 5.89. The molecule has 5 heteroatoms. The van der Waals surface area contributed by atoms with Crippen LogP contribution in [0.4, 0.5) is 10.5 Å². The van der Waals surface area contributed by atoms with E-state index in [1.165, 1.54) is 0 Å². The molecule has 0 aliphatic carbocycles. The zero-order valence-electron chi connectivity index (χ0n) is 13.1. The molecule has 1 N–H and O–H groups in total. The minimum Gasteiger partial charge on any atom is -0.447 e. The number of methoxy groups -OCH3 is 1. The van der Waals surface area contributed by atoms with Crippen LogP contribution in [-0.4, -0.2) is 38.1 Å². The summed E-state index contributed by atoms with van der Waals surface area (Å²) in [6.45, 7) is 3.26. The molecule has 1 aromatic carbocycles. The Labute approximate surface area is 131 Å². The van der Waals surface area contributed by atoms with Gasteiger partial charge in [0, 0.05) is 25.3 Å². The minimum atomic E-state index is -0.295. The summed E-state index contributed by atoms with van der Waals surface area (Å²) in [6, 6.07) is 7.78. The molecule has 0 radical (unpaired) electrons. The van der Waals surface area contributed by atoms with Crippen LogP contribution in [0.5, 0.6) is 0 Å². The Morgan fingerprint density at radius 1 is 1.41 bits per heavy atom. The second-order valence-corrected chi connectivity index (χ2v) is 5.31. The summed E-state index contributed by atoms with van der Waals surface area (Å²) in [4.78, 5) is 13.2. The predicted octanol–water partition coefficient (Wildman–Crippen LogP) is 2.91. The number of nitrogens with zero attached hydrogens (tertiary/aromatic N) is 1. The summed E-state index contributed by atoms with van der Waals surface area (Å²) in [5.41, 5.74) is 1.89. The Hall–Kier alpha value is -1.85. The molecule has 1 amide bonds. The molecule has 0 bridgehead atoms. The van der Waals surface area contributed by atoms with Gasteiger partial charge in [-0.1, -0.05) is 31.2 Å². The van der Waals surface area contributed by atoms with E-state index in [1.807, 2.05) is 30.3 Å². The zero-order valence-corrected chi connectivity index (χ0v) is 13.1. The third kappa shape index (κ3) is 3.87. The first-order valence-corrected chi connectivity index (χ1v) is 7.52. The Balaban J connectivity index is 2.08. The fourth-order valence-corrected chi connectivity index (χ4v) is 2.61. The van der Waals surface area contributed by atoms with Crippen molar-refractivity contribution in [1.82, 2.24) is 0 Å². The molecule has 1 fully saturated rings. The van der Waals surface area contributed by atoms with Crippen LogP contribution in [0.2, 0.25) is 0 Å². The average molecular weight is 305 g/mol. The number of cyclic esters (lactones) is 1. The average Bonchev–Trinajstić information content (AvgIpc) is 2.95. The van der Waals surface area contributed by atoms with E-state index in [1.54, 1.807) is 12.0 Å². The van der Waals surface area contributed by atoms with Crippen LogP contribution in [-0.2, 0) is 9.47 Å². The molecule has 0 unspecified atom stereocenters. The van der Waals surface area contributed by atoms with E-state index in [2.05, 4.69) is 13.0 Å². The van der Waals surface area contributed by atoms with Gasteiger partial charge in [-0.25, -0.2) is 4.79 Å². The van der Waals surface area contributed by atoms with Gasteiger partial charge in [-0.2, -0.15) is 0 Å². The standard InChI is InChI=1S/C17H23NO4/c1-13(5-3-4-11-19)16(21-2)14-6-8-15(9-7-14)18-10-12-22-17(18)20/h3,5-9,13,16,19H,4,10-12H2,1-2H3/b5-3+/t13-,16+/m1/s1. The Morgan fingerprint density at radius 2 is 2.14 bits per heavy atom. The molecule has 1 aromatic rings. The van der Waals surface area contributed by atoms with E-state index < -0.39 is 0 Å². The molecule has 120 valence electrons. The third-order valence-electron chi connectivity index (χ3n) is 3.76. The van der Waals surface area contributed by atoms with Crippen molar-refractivity contribution in [2.75, 3.05) is 31.8 Å². The van der Waals surface area contributed by atoms with Gasteiger partial charge < -0.3 is 14.6 Å². The number of aliphatic hydroxyl groups is 1. The molecule has 1 saturated heterocycles. The van der Waals surface area contributed by atoms with Gasteiger partial charge >= 0.3 is 6.09 Å². The van der Waals surface area contributed by atoms with Crippen molar-refractivity contribution in [3.05, 3.63) is 42.0 Å². The molecule has 1 aliphatic heterocycles. The van der Waals surface area contributed by atoms with E-state index in [4.69, 9.17) is 14.6 Å². The van der Waals surface area contributed by atoms with Gasteiger partial charge in [0.1, 0.15) is 6.61 Å². The van der Waals surface area contributed by atoms with Crippen LogP contribution >= 0.6 is 0 Å². The third-order valence-corrected chi connectivity index (χ3v) is 3.76. The molecular weight excluding hydrogens is 282 g/mol. The van der Waals surface area contributed by atoms with Crippen molar-refractivity contribution in [3.8, 4) is 0 Å². The molecule has 1 heterocycles. The fourth-order valence-electron chi connectivity index (χ4n) is 2.61. The van der Waals surface area contributed by atoms with E-state index >= 15 is 0 Å². The minimum absolute atomic E-state index is 0.0606. The SMILES string of the molecule is CO[C@H](c1ccc(N2CCOC2=O)cc1)[C@H](C)/C=C/CCO. The van der Waals surface area contributed by atoms with Gasteiger partial charge in [0.05, 0.1) is 12.6 Å². The fraction of sp³-hybridized carbons (Fsp3) is 0.471. The predicted molar refractivity (Wildman–Crippen MR) is 84.9 cm³/mol. The number of amides is 1. The number of anilines is 1. The first kappa shape index (κ1) is 16.5. The summed E-state index contributed by atoms with van der Waals surface area (Å²) >= 11 is 0. The normalized spacial score (nSPS) is 17.8. The summed E-state index contributed by atoms with van der Waals surface area (Å²) in [7, 11) is 1.69. The zero-order chi connectivity index (χ0) is 15.9. The highest BCUT2D eigenvalue weighted by atomic mass is 16.6. The van der Waals surface area contributed by atoms with Gasteiger partial charge in [-0.15, -0.1) is 0 Å². The van der Waals surface area contributed by atoms with Crippen molar-refractivity contribution in [2.24, 2.45) is 5.92 Å². The van der Waals surface area contributed by atoms with Crippen molar-refractivity contribution in [1.29, 1.82) is 0 Å². The van der Waals surface area contributed by atoms with Crippen LogP contribution in [0.3, 0.4) is 0 Å². The van der Waals surface area contributed by atoms with Crippen molar-refractivity contribution in [2.45, 2.75) is 19.4 Å². The van der Waals surface area contributed by atoms with Gasteiger partial charge in [0.2, 0.25) is 0 Å². The maximum absolute atomic E-state index is 11.6. The highest BCUT2D eigenvalue weighted by Gasteiger charge is 2.24. The number of hydrogen-bond donors (Lipinski definition) is 1. The number of aliphatic hydroxyl groups excluding tert-OH is 1. The van der Waals surface area contributed by atoms with E-state index in [-0.39, 0.29) is 24.7 Å². The van der Waals surface area contributed by atoms with Crippen molar-refractivity contribution >= 4 is 11.8 Å². The van der Waals surface area contributed by atoms with E-state index in [9.17, 15) is 4.79 Å². The van der Waals surface area contributed by atoms with E-state index in [0.29, 0.717) is 19.6 Å². The molecule has 1 aliphatic rings. The summed E-state index contributed by atoms with van der Waals surface area (Å²) in [5.74, 6) is 0.194. The van der Waals surface area contributed by atoms with Gasteiger partial charge in [0.15, 0.2) is 0 Å². The number of carbonyl (C=O) groups excluding carboxylic acids is 1. The first-order valence-electron chi connectivity index (χ1n) is 7.52. The maximum atomic E-state index is 11.6. The largest absolute Gasteiger partial charge is 0.447 e. The molecule has 0 saturated carbocycles. The lowest BCUT2D eigenvalue weighted by Crippen LogP contribution is -2.23. The van der Waals surface area contributed by atoms with E-state index in [0.717, 1.165) is 11.3 Å². The summed E-state index contributed by atoms with van der Waals surface area (Å²) < 4.78 is 10.5.